The smallest absolute Gasteiger partial charge is 0.223 e. The van der Waals surface area contributed by atoms with Gasteiger partial charge in [0.05, 0.1) is 12.2 Å². The Hall–Kier alpha value is -1.40. The molecule has 19 heavy (non-hydrogen) atoms. The third kappa shape index (κ3) is 3.33. The third-order valence-corrected chi connectivity index (χ3v) is 3.50. The van der Waals surface area contributed by atoms with Crippen LogP contribution in [0, 0.1) is 12.8 Å². The van der Waals surface area contributed by atoms with E-state index in [1.165, 1.54) is 0 Å². The van der Waals surface area contributed by atoms with Crippen molar-refractivity contribution in [3.05, 3.63) is 17.2 Å². The number of carbonyl (C=O) groups is 1. The van der Waals surface area contributed by atoms with Gasteiger partial charge < -0.3 is 19.8 Å². The van der Waals surface area contributed by atoms with Crippen LogP contribution in [0.15, 0.2) is 0 Å². The topological polar surface area (TPSA) is 76.2 Å². The SMILES string of the molecule is COC(CNC(=O)C1CCc2nc(C)[nH]c2C1)OC. The van der Waals surface area contributed by atoms with Crippen molar-refractivity contribution in [2.45, 2.75) is 32.5 Å². The number of hydrogen-bond acceptors (Lipinski definition) is 4. The summed E-state index contributed by atoms with van der Waals surface area (Å²) in [5.74, 6) is 0.976. The highest BCUT2D eigenvalue weighted by Gasteiger charge is 2.27. The van der Waals surface area contributed by atoms with E-state index >= 15 is 0 Å². The van der Waals surface area contributed by atoms with E-state index in [-0.39, 0.29) is 11.8 Å². The van der Waals surface area contributed by atoms with E-state index in [9.17, 15) is 4.79 Å². The first kappa shape index (κ1) is 14.0. The number of aryl methyl sites for hydroxylation is 2. The fraction of sp³-hybridized carbons (Fsp3) is 0.692. The molecule has 0 spiro atoms. The fourth-order valence-corrected chi connectivity index (χ4v) is 2.44. The van der Waals surface area contributed by atoms with E-state index in [1.807, 2.05) is 6.92 Å². The minimum atomic E-state index is -0.391. The van der Waals surface area contributed by atoms with Crippen molar-refractivity contribution < 1.29 is 14.3 Å². The maximum atomic E-state index is 12.1. The Bertz CT molecular complexity index is 440. The number of hydrogen-bond donors (Lipinski definition) is 2. The van der Waals surface area contributed by atoms with E-state index in [0.717, 1.165) is 36.5 Å². The van der Waals surface area contributed by atoms with Crippen LogP contribution in [0.5, 0.6) is 0 Å². The molecule has 0 bridgehead atoms. The predicted octanol–water partition coefficient (Wildman–Crippen LogP) is 0.558. The molecule has 1 heterocycles. The Balaban J connectivity index is 1.88. The number of carbonyl (C=O) groups excluding carboxylic acids is 1. The van der Waals surface area contributed by atoms with Crippen molar-refractivity contribution in [3.63, 3.8) is 0 Å². The Morgan fingerprint density at radius 2 is 2.26 bits per heavy atom. The summed E-state index contributed by atoms with van der Waals surface area (Å²) in [6, 6.07) is 0. The lowest BCUT2D eigenvalue weighted by atomic mass is 9.89. The molecule has 0 radical (unpaired) electrons. The number of imidazole rings is 1. The molecule has 1 unspecified atom stereocenters. The number of nitrogens with one attached hydrogen (secondary N) is 2. The van der Waals surface area contributed by atoms with Crippen LogP contribution in [-0.2, 0) is 27.1 Å². The van der Waals surface area contributed by atoms with Crippen molar-refractivity contribution in [1.29, 1.82) is 0 Å². The van der Waals surface area contributed by atoms with Gasteiger partial charge in [-0.1, -0.05) is 0 Å². The highest BCUT2D eigenvalue weighted by atomic mass is 16.7. The zero-order valence-corrected chi connectivity index (χ0v) is 11.7. The van der Waals surface area contributed by atoms with Gasteiger partial charge in [0.25, 0.3) is 0 Å². The van der Waals surface area contributed by atoms with E-state index in [2.05, 4.69) is 15.3 Å². The molecule has 1 aromatic heterocycles. The first-order chi connectivity index (χ1) is 9.13. The molecule has 0 fully saturated rings. The fourth-order valence-electron chi connectivity index (χ4n) is 2.44. The van der Waals surface area contributed by atoms with Crippen LogP contribution in [-0.4, -0.2) is 42.9 Å². The Morgan fingerprint density at radius 1 is 1.53 bits per heavy atom. The minimum absolute atomic E-state index is 0.00159. The van der Waals surface area contributed by atoms with Crippen molar-refractivity contribution in [2.75, 3.05) is 20.8 Å². The molecule has 1 amide bonds. The van der Waals surface area contributed by atoms with Crippen LogP contribution in [0.4, 0.5) is 0 Å². The van der Waals surface area contributed by atoms with Gasteiger partial charge >= 0.3 is 0 Å². The van der Waals surface area contributed by atoms with Crippen molar-refractivity contribution in [3.8, 4) is 0 Å². The van der Waals surface area contributed by atoms with E-state index < -0.39 is 6.29 Å². The summed E-state index contributed by atoms with van der Waals surface area (Å²) in [6.45, 7) is 2.31. The largest absolute Gasteiger partial charge is 0.354 e. The van der Waals surface area contributed by atoms with Crippen molar-refractivity contribution >= 4 is 5.91 Å². The Kier molecular flexibility index (Phi) is 4.55. The summed E-state index contributed by atoms with van der Waals surface area (Å²) in [4.78, 5) is 19.7. The summed E-state index contributed by atoms with van der Waals surface area (Å²) < 4.78 is 10.1. The molecule has 6 nitrogen and oxygen atoms in total. The van der Waals surface area contributed by atoms with Crippen LogP contribution in [0.1, 0.15) is 23.6 Å². The Morgan fingerprint density at radius 3 is 2.95 bits per heavy atom. The summed E-state index contributed by atoms with van der Waals surface area (Å²) >= 11 is 0. The first-order valence-corrected chi connectivity index (χ1v) is 6.51. The average molecular weight is 267 g/mol. The molecule has 6 heteroatoms. The molecule has 1 aromatic rings. The van der Waals surface area contributed by atoms with Crippen molar-refractivity contribution in [1.82, 2.24) is 15.3 Å². The van der Waals surface area contributed by atoms with E-state index in [4.69, 9.17) is 9.47 Å². The van der Waals surface area contributed by atoms with Gasteiger partial charge in [-0.25, -0.2) is 4.98 Å². The molecule has 1 atom stereocenters. The zero-order valence-electron chi connectivity index (χ0n) is 11.7. The van der Waals surface area contributed by atoms with Gasteiger partial charge in [0.15, 0.2) is 6.29 Å². The van der Waals surface area contributed by atoms with Crippen LogP contribution < -0.4 is 5.32 Å². The van der Waals surface area contributed by atoms with Gasteiger partial charge in [-0.3, -0.25) is 4.79 Å². The molecule has 0 saturated heterocycles. The van der Waals surface area contributed by atoms with Crippen molar-refractivity contribution in [2.24, 2.45) is 5.92 Å². The lowest BCUT2D eigenvalue weighted by molar-refractivity contribution is -0.131. The van der Waals surface area contributed by atoms with Gasteiger partial charge in [-0.15, -0.1) is 0 Å². The maximum absolute atomic E-state index is 12.1. The second-order valence-electron chi connectivity index (χ2n) is 4.83. The van der Waals surface area contributed by atoms with Gasteiger partial charge in [-0.2, -0.15) is 0 Å². The maximum Gasteiger partial charge on any atom is 0.223 e. The van der Waals surface area contributed by atoms with Crippen LogP contribution in [0.25, 0.3) is 0 Å². The minimum Gasteiger partial charge on any atom is -0.354 e. The lowest BCUT2D eigenvalue weighted by Crippen LogP contribution is -2.39. The monoisotopic (exact) mass is 267 g/mol. The van der Waals surface area contributed by atoms with Gasteiger partial charge in [0.2, 0.25) is 5.91 Å². The number of rotatable bonds is 5. The molecular weight excluding hydrogens is 246 g/mol. The lowest BCUT2D eigenvalue weighted by Gasteiger charge is -2.22. The second-order valence-corrected chi connectivity index (χ2v) is 4.83. The second kappa shape index (κ2) is 6.16. The van der Waals surface area contributed by atoms with E-state index in [1.54, 1.807) is 14.2 Å². The standard InChI is InChI=1S/C13H21N3O3/c1-8-15-10-5-4-9(6-11(10)16-8)13(17)14-7-12(18-2)19-3/h9,12H,4-7H2,1-3H3,(H,14,17)(H,15,16). The number of ether oxygens (including phenoxy) is 2. The quantitative estimate of drug-likeness (QED) is 0.764. The van der Waals surface area contributed by atoms with Gasteiger partial charge in [0, 0.05) is 32.3 Å². The number of nitrogens with zero attached hydrogens (tertiary/aromatic N) is 1. The summed E-state index contributed by atoms with van der Waals surface area (Å²) in [5, 5.41) is 2.87. The van der Waals surface area contributed by atoms with Crippen LogP contribution in [0.3, 0.4) is 0 Å². The third-order valence-electron chi connectivity index (χ3n) is 3.50. The number of fused-ring (bicyclic) bond motifs is 1. The molecule has 1 aliphatic carbocycles. The van der Waals surface area contributed by atoms with Gasteiger partial charge in [-0.05, 0) is 19.8 Å². The average Bonchev–Trinajstić information content (AvgIpc) is 2.78. The number of amides is 1. The molecule has 2 N–H and O–H groups in total. The molecule has 2 rings (SSSR count). The highest BCUT2D eigenvalue weighted by Crippen LogP contribution is 2.23. The first-order valence-electron chi connectivity index (χ1n) is 6.51. The summed E-state index contributed by atoms with van der Waals surface area (Å²) in [6.07, 6.45) is 2.04. The number of H-pyrrole nitrogens is 1. The van der Waals surface area contributed by atoms with Crippen LogP contribution in [0.2, 0.25) is 0 Å². The number of aromatic nitrogens is 2. The normalized spacial score (nSPS) is 18.4. The molecule has 0 aromatic carbocycles. The highest BCUT2D eigenvalue weighted by molar-refractivity contribution is 5.79. The summed E-state index contributed by atoms with van der Waals surface area (Å²) in [5.41, 5.74) is 2.20. The molecule has 1 aliphatic rings. The van der Waals surface area contributed by atoms with Gasteiger partial charge in [0.1, 0.15) is 5.82 Å². The summed E-state index contributed by atoms with van der Waals surface area (Å²) in [7, 11) is 3.11. The Labute approximate surface area is 112 Å². The van der Waals surface area contributed by atoms with Crippen LogP contribution >= 0.6 is 0 Å². The molecule has 0 aliphatic heterocycles. The van der Waals surface area contributed by atoms with E-state index in [0.29, 0.717) is 6.54 Å². The number of methoxy groups -OCH3 is 2. The number of aromatic amines is 1. The zero-order chi connectivity index (χ0) is 13.8. The predicted molar refractivity (Wildman–Crippen MR) is 69.7 cm³/mol. The molecule has 106 valence electrons. The molecule has 0 saturated carbocycles. The molecular formula is C13H21N3O3.